The van der Waals surface area contributed by atoms with Crippen LogP contribution in [0.15, 0.2) is 64.6 Å². The first kappa shape index (κ1) is 15.4. The van der Waals surface area contributed by atoms with Crippen LogP contribution >= 0.6 is 11.8 Å². The molecule has 0 saturated carbocycles. The normalized spacial score (nSPS) is 10.6. The van der Waals surface area contributed by atoms with Gasteiger partial charge in [-0.2, -0.15) is 0 Å². The van der Waals surface area contributed by atoms with Gasteiger partial charge in [0.25, 0.3) is 0 Å². The Morgan fingerprint density at radius 3 is 2.87 bits per heavy atom. The highest BCUT2D eigenvalue weighted by Gasteiger charge is 2.10. The molecule has 3 aromatic rings. The first-order valence-electron chi connectivity index (χ1n) is 7.15. The van der Waals surface area contributed by atoms with Gasteiger partial charge in [0.05, 0.1) is 18.6 Å². The van der Waals surface area contributed by atoms with E-state index in [9.17, 15) is 4.79 Å². The highest BCUT2D eigenvalue weighted by molar-refractivity contribution is 7.99. The number of nitrogens with zero attached hydrogens (tertiary/aromatic N) is 3. The minimum absolute atomic E-state index is 0.0357. The third-order valence-electron chi connectivity index (χ3n) is 3.15. The van der Waals surface area contributed by atoms with Crippen LogP contribution in [-0.4, -0.2) is 26.4 Å². The van der Waals surface area contributed by atoms with Gasteiger partial charge in [0.1, 0.15) is 12.1 Å². The number of rotatable bonds is 7. The van der Waals surface area contributed by atoms with E-state index in [0.717, 1.165) is 11.3 Å². The van der Waals surface area contributed by atoms with Gasteiger partial charge in [-0.1, -0.05) is 42.1 Å². The van der Waals surface area contributed by atoms with E-state index in [-0.39, 0.29) is 5.91 Å². The summed E-state index contributed by atoms with van der Waals surface area (Å²) in [5.74, 6) is 1.08. The summed E-state index contributed by atoms with van der Waals surface area (Å²) in [5.41, 5.74) is 1.08. The lowest BCUT2D eigenvalue weighted by atomic mass is 10.2. The predicted octanol–water partition coefficient (Wildman–Crippen LogP) is 2.33. The number of amides is 1. The maximum Gasteiger partial charge on any atom is 0.230 e. The standard InChI is InChI=1S/C16H16N4O2S/c21-15(17-9-13-5-2-1-3-6-13)11-23-16-19-18-12-20(16)10-14-7-4-8-22-14/h1-8,12H,9-11H2,(H,17,21). The molecule has 23 heavy (non-hydrogen) atoms. The molecule has 1 N–H and O–H groups in total. The summed E-state index contributed by atoms with van der Waals surface area (Å²) < 4.78 is 7.17. The minimum Gasteiger partial charge on any atom is -0.467 e. The lowest BCUT2D eigenvalue weighted by Gasteiger charge is -2.06. The second-order valence-corrected chi connectivity index (χ2v) is 5.81. The Bertz CT molecular complexity index is 741. The maximum atomic E-state index is 11.9. The summed E-state index contributed by atoms with van der Waals surface area (Å²) in [5, 5.41) is 11.5. The summed E-state index contributed by atoms with van der Waals surface area (Å²) in [4.78, 5) is 11.9. The summed E-state index contributed by atoms with van der Waals surface area (Å²) in [6.07, 6.45) is 3.26. The molecule has 1 aromatic carbocycles. The number of furan rings is 1. The van der Waals surface area contributed by atoms with Crippen molar-refractivity contribution in [1.29, 1.82) is 0 Å². The lowest BCUT2D eigenvalue weighted by molar-refractivity contribution is -0.118. The van der Waals surface area contributed by atoms with Crippen molar-refractivity contribution >= 4 is 17.7 Å². The van der Waals surface area contributed by atoms with Crippen LogP contribution in [-0.2, 0) is 17.9 Å². The Hall–Kier alpha value is -2.54. The molecular weight excluding hydrogens is 312 g/mol. The second-order valence-electron chi connectivity index (χ2n) is 4.87. The van der Waals surface area contributed by atoms with Gasteiger partial charge in [-0.05, 0) is 17.7 Å². The van der Waals surface area contributed by atoms with Crippen LogP contribution in [0.25, 0.3) is 0 Å². The van der Waals surface area contributed by atoms with Crippen LogP contribution in [0.1, 0.15) is 11.3 Å². The molecule has 0 spiro atoms. The topological polar surface area (TPSA) is 73.0 Å². The number of carbonyl (C=O) groups is 1. The van der Waals surface area contributed by atoms with Crippen LogP contribution < -0.4 is 5.32 Å². The van der Waals surface area contributed by atoms with E-state index in [4.69, 9.17) is 4.42 Å². The molecule has 0 aliphatic heterocycles. The van der Waals surface area contributed by atoms with Gasteiger partial charge in [0, 0.05) is 6.54 Å². The Kier molecular flexibility index (Phi) is 5.10. The number of hydrogen-bond donors (Lipinski definition) is 1. The third kappa shape index (κ3) is 4.46. The molecule has 3 rings (SSSR count). The molecule has 2 heterocycles. The molecule has 0 fully saturated rings. The fourth-order valence-electron chi connectivity index (χ4n) is 2.01. The zero-order chi connectivity index (χ0) is 15.9. The fraction of sp³-hybridized carbons (Fsp3) is 0.188. The Morgan fingerprint density at radius 1 is 1.22 bits per heavy atom. The molecule has 0 saturated heterocycles. The van der Waals surface area contributed by atoms with Crippen molar-refractivity contribution in [3.05, 3.63) is 66.4 Å². The first-order valence-corrected chi connectivity index (χ1v) is 8.13. The van der Waals surface area contributed by atoms with Crippen molar-refractivity contribution in [3.8, 4) is 0 Å². The number of thioether (sulfide) groups is 1. The van der Waals surface area contributed by atoms with Crippen molar-refractivity contribution in [3.63, 3.8) is 0 Å². The molecule has 7 heteroatoms. The van der Waals surface area contributed by atoms with Crippen molar-refractivity contribution in [2.24, 2.45) is 0 Å². The molecule has 0 radical (unpaired) electrons. The summed E-state index contributed by atoms with van der Waals surface area (Å²) >= 11 is 1.35. The second kappa shape index (κ2) is 7.64. The van der Waals surface area contributed by atoms with Gasteiger partial charge in [0.15, 0.2) is 5.16 Å². The van der Waals surface area contributed by atoms with E-state index in [2.05, 4.69) is 15.5 Å². The molecule has 0 aliphatic carbocycles. The number of aromatic nitrogens is 3. The van der Waals surface area contributed by atoms with Crippen LogP contribution in [0.3, 0.4) is 0 Å². The molecule has 0 aliphatic rings. The van der Waals surface area contributed by atoms with Crippen molar-refractivity contribution in [2.45, 2.75) is 18.2 Å². The van der Waals surface area contributed by atoms with Crippen LogP contribution in [0, 0.1) is 0 Å². The van der Waals surface area contributed by atoms with E-state index in [1.54, 1.807) is 12.6 Å². The molecule has 6 nitrogen and oxygen atoms in total. The Morgan fingerprint density at radius 2 is 2.09 bits per heavy atom. The smallest absolute Gasteiger partial charge is 0.230 e. The monoisotopic (exact) mass is 328 g/mol. The minimum atomic E-state index is -0.0357. The summed E-state index contributed by atoms with van der Waals surface area (Å²) in [7, 11) is 0. The number of nitrogens with one attached hydrogen (secondary N) is 1. The highest BCUT2D eigenvalue weighted by Crippen LogP contribution is 2.16. The average molecular weight is 328 g/mol. The van der Waals surface area contributed by atoms with E-state index < -0.39 is 0 Å². The van der Waals surface area contributed by atoms with Crippen LogP contribution in [0.4, 0.5) is 0 Å². The molecule has 0 unspecified atom stereocenters. The third-order valence-corrected chi connectivity index (χ3v) is 4.13. The van der Waals surface area contributed by atoms with Crippen LogP contribution in [0.2, 0.25) is 0 Å². The van der Waals surface area contributed by atoms with Crippen molar-refractivity contribution < 1.29 is 9.21 Å². The Labute approximate surface area is 137 Å². The maximum absolute atomic E-state index is 11.9. The molecule has 118 valence electrons. The van der Waals surface area contributed by atoms with Crippen LogP contribution in [0.5, 0.6) is 0 Å². The van der Waals surface area contributed by atoms with Crippen molar-refractivity contribution in [2.75, 3.05) is 5.75 Å². The summed E-state index contributed by atoms with van der Waals surface area (Å²) in [6.45, 7) is 1.08. The Balaban J connectivity index is 1.48. The van der Waals surface area contributed by atoms with E-state index in [0.29, 0.717) is 24.0 Å². The first-order chi connectivity index (χ1) is 11.3. The summed E-state index contributed by atoms with van der Waals surface area (Å²) in [6, 6.07) is 13.5. The lowest BCUT2D eigenvalue weighted by Crippen LogP contribution is -2.24. The zero-order valence-electron chi connectivity index (χ0n) is 12.4. The largest absolute Gasteiger partial charge is 0.467 e. The SMILES string of the molecule is O=C(CSc1nncn1Cc1ccco1)NCc1ccccc1. The van der Waals surface area contributed by atoms with Gasteiger partial charge in [-0.15, -0.1) is 10.2 Å². The quantitative estimate of drug-likeness (QED) is 0.674. The van der Waals surface area contributed by atoms with Gasteiger partial charge < -0.3 is 14.3 Å². The highest BCUT2D eigenvalue weighted by atomic mass is 32.2. The number of benzene rings is 1. The number of carbonyl (C=O) groups excluding carboxylic acids is 1. The van der Waals surface area contributed by atoms with Gasteiger partial charge >= 0.3 is 0 Å². The van der Waals surface area contributed by atoms with Gasteiger partial charge in [-0.25, -0.2) is 0 Å². The number of hydrogen-bond acceptors (Lipinski definition) is 5. The molecule has 2 aromatic heterocycles. The molecule has 0 bridgehead atoms. The van der Waals surface area contributed by atoms with Gasteiger partial charge in [0.2, 0.25) is 5.91 Å². The van der Waals surface area contributed by atoms with Gasteiger partial charge in [-0.3, -0.25) is 4.79 Å². The molecule has 0 atom stereocenters. The fourth-order valence-corrected chi connectivity index (χ4v) is 2.76. The van der Waals surface area contributed by atoms with E-state index in [1.165, 1.54) is 11.8 Å². The average Bonchev–Trinajstić information content (AvgIpc) is 3.24. The molecule has 1 amide bonds. The zero-order valence-corrected chi connectivity index (χ0v) is 13.2. The predicted molar refractivity (Wildman–Crippen MR) is 86.8 cm³/mol. The van der Waals surface area contributed by atoms with E-state index in [1.807, 2.05) is 47.0 Å². The molecular formula is C16H16N4O2S. The van der Waals surface area contributed by atoms with E-state index >= 15 is 0 Å². The van der Waals surface area contributed by atoms with Crippen molar-refractivity contribution in [1.82, 2.24) is 20.1 Å².